The highest BCUT2D eigenvalue weighted by Gasteiger charge is 2.47. The fourth-order valence-corrected chi connectivity index (χ4v) is 5.08. The van der Waals surface area contributed by atoms with Crippen LogP contribution in [0.25, 0.3) is 0 Å². The SMILES string of the molecule is CC1=C(C=O)C2(CCN(Cc3ccccc3)CC2)OC1=O.CN1CCN(c2cccc(C#N)c2)CC1. The number of ether oxygens (including phenoxy) is 1. The predicted octanol–water partition coefficient (Wildman–Crippen LogP) is 3.40. The molecule has 0 bridgehead atoms. The van der Waals surface area contributed by atoms with Gasteiger partial charge in [0.15, 0.2) is 6.29 Å². The number of aldehydes is 1. The Balaban J connectivity index is 0.000000179. The molecule has 0 atom stereocenters. The topological polar surface area (TPSA) is 76.9 Å². The average molecular weight is 487 g/mol. The molecule has 2 aromatic rings. The minimum Gasteiger partial charge on any atom is -0.451 e. The molecule has 3 heterocycles. The van der Waals surface area contributed by atoms with Gasteiger partial charge in [-0.15, -0.1) is 0 Å². The van der Waals surface area contributed by atoms with E-state index in [2.05, 4.69) is 46.0 Å². The summed E-state index contributed by atoms with van der Waals surface area (Å²) in [6.45, 7) is 8.51. The number of nitrogens with zero attached hydrogens (tertiary/aromatic N) is 4. The lowest BCUT2D eigenvalue weighted by Gasteiger charge is -2.38. The zero-order valence-electron chi connectivity index (χ0n) is 21.2. The summed E-state index contributed by atoms with van der Waals surface area (Å²) in [6.07, 6.45) is 2.18. The van der Waals surface area contributed by atoms with Crippen molar-refractivity contribution >= 4 is 17.9 Å². The Bertz CT molecular complexity index is 1140. The average Bonchev–Trinajstić information content (AvgIpc) is 3.15. The van der Waals surface area contributed by atoms with Crippen LogP contribution in [-0.4, -0.2) is 74.0 Å². The van der Waals surface area contributed by atoms with Gasteiger partial charge in [0.1, 0.15) is 5.60 Å². The summed E-state index contributed by atoms with van der Waals surface area (Å²) < 4.78 is 5.53. The first kappa shape index (κ1) is 25.6. The van der Waals surface area contributed by atoms with Crippen LogP contribution in [0.5, 0.6) is 0 Å². The maximum atomic E-state index is 11.7. The number of piperazine rings is 1. The number of hydrogen-bond donors (Lipinski definition) is 0. The molecule has 2 aromatic carbocycles. The standard InChI is InChI=1S/C17H19NO3.C12H15N3/c1-13-15(12-19)17(21-16(13)20)7-9-18(10-8-17)11-14-5-3-2-4-6-14;1-14-5-7-15(8-6-14)12-4-2-3-11(9-12)10-13/h2-6,12H,7-11H2,1H3;2-4,9H,5-8H2,1H3. The molecular formula is C29H34N4O3. The third-order valence-corrected chi connectivity index (χ3v) is 7.36. The molecule has 36 heavy (non-hydrogen) atoms. The van der Waals surface area contributed by atoms with Crippen molar-refractivity contribution in [3.8, 4) is 6.07 Å². The number of carbonyl (C=O) groups is 2. The number of esters is 1. The molecule has 0 radical (unpaired) electrons. The highest BCUT2D eigenvalue weighted by Crippen LogP contribution is 2.40. The van der Waals surface area contributed by atoms with E-state index >= 15 is 0 Å². The van der Waals surface area contributed by atoms with E-state index in [9.17, 15) is 9.59 Å². The third kappa shape index (κ3) is 5.84. The molecule has 0 unspecified atom stereocenters. The molecule has 7 nitrogen and oxygen atoms in total. The van der Waals surface area contributed by atoms with Gasteiger partial charge < -0.3 is 14.5 Å². The van der Waals surface area contributed by atoms with Crippen LogP contribution in [-0.2, 0) is 20.9 Å². The molecule has 0 aliphatic carbocycles. The summed E-state index contributed by atoms with van der Waals surface area (Å²) in [7, 11) is 2.14. The summed E-state index contributed by atoms with van der Waals surface area (Å²) in [5.74, 6) is -0.339. The fraction of sp³-hybridized carbons (Fsp3) is 0.414. The highest BCUT2D eigenvalue weighted by atomic mass is 16.6. The number of carbonyl (C=O) groups excluding carboxylic acids is 2. The van der Waals surface area contributed by atoms with Gasteiger partial charge >= 0.3 is 5.97 Å². The van der Waals surface area contributed by atoms with E-state index in [1.54, 1.807) is 6.92 Å². The first-order valence-electron chi connectivity index (χ1n) is 12.5. The molecule has 0 amide bonds. The van der Waals surface area contributed by atoms with Gasteiger partial charge in [0, 0.05) is 75.5 Å². The van der Waals surface area contributed by atoms with E-state index in [1.807, 2.05) is 36.4 Å². The second-order valence-electron chi connectivity index (χ2n) is 9.75. The zero-order valence-corrected chi connectivity index (χ0v) is 21.2. The Labute approximate surface area is 213 Å². The molecule has 0 aromatic heterocycles. The van der Waals surface area contributed by atoms with Gasteiger partial charge in [-0.2, -0.15) is 5.26 Å². The van der Waals surface area contributed by atoms with Crippen molar-refractivity contribution in [2.45, 2.75) is 31.9 Å². The monoisotopic (exact) mass is 486 g/mol. The molecule has 0 saturated carbocycles. The Hall–Kier alpha value is -3.47. The number of benzene rings is 2. The van der Waals surface area contributed by atoms with Crippen LogP contribution in [0.1, 0.15) is 30.9 Å². The molecule has 5 rings (SSSR count). The molecule has 2 fully saturated rings. The van der Waals surface area contributed by atoms with Crippen molar-refractivity contribution in [1.29, 1.82) is 5.26 Å². The van der Waals surface area contributed by atoms with E-state index in [-0.39, 0.29) is 5.97 Å². The van der Waals surface area contributed by atoms with E-state index in [1.165, 1.54) is 11.3 Å². The van der Waals surface area contributed by atoms with E-state index in [4.69, 9.17) is 10.00 Å². The maximum absolute atomic E-state index is 11.7. The fourth-order valence-electron chi connectivity index (χ4n) is 5.08. The molecule has 0 N–H and O–H groups in total. The largest absolute Gasteiger partial charge is 0.451 e. The third-order valence-electron chi connectivity index (χ3n) is 7.36. The molecule has 3 aliphatic heterocycles. The normalized spacial score (nSPS) is 19.9. The second-order valence-corrected chi connectivity index (χ2v) is 9.75. The van der Waals surface area contributed by atoms with E-state index in [0.717, 1.165) is 57.7 Å². The quantitative estimate of drug-likeness (QED) is 0.484. The van der Waals surface area contributed by atoms with Crippen molar-refractivity contribution in [2.75, 3.05) is 51.2 Å². The van der Waals surface area contributed by atoms with Crippen molar-refractivity contribution in [2.24, 2.45) is 0 Å². The first-order valence-corrected chi connectivity index (χ1v) is 12.5. The molecule has 188 valence electrons. The minimum atomic E-state index is -0.671. The Morgan fingerprint density at radius 3 is 2.33 bits per heavy atom. The summed E-state index contributed by atoms with van der Waals surface area (Å²) in [5.41, 5.74) is 3.54. The molecule has 2 saturated heterocycles. The lowest BCUT2D eigenvalue weighted by molar-refractivity contribution is -0.150. The van der Waals surface area contributed by atoms with Crippen molar-refractivity contribution < 1.29 is 14.3 Å². The van der Waals surface area contributed by atoms with Crippen LogP contribution in [0.15, 0.2) is 65.7 Å². The van der Waals surface area contributed by atoms with Crippen molar-refractivity contribution in [3.63, 3.8) is 0 Å². The van der Waals surface area contributed by atoms with Gasteiger partial charge in [0.05, 0.1) is 11.6 Å². The summed E-state index contributed by atoms with van der Waals surface area (Å²) in [4.78, 5) is 30.0. The van der Waals surface area contributed by atoms with E-state index in [0.29, 0.717) is 24.0 Å². The molecular weight excluding hydrogens is 452 g/mol. The van der Waals surface area contributed by atoms with Crippen LogP contribution in [0.3, 0.4) is 0 Å². The number of rotatable bonds is 4. The molecule has 3 aliphatic rings. The zero-order chi connectivity index (χ0) is 25.5. The van der Waals surface area contributed by atoms with Crippen molar-refractivity contribution in [3.05, 3.63) is 76.9 Å². The van der Waals surface area contributed by atoms with Gasteiger partial charge in [0.2, 0.25) is 0 Å². The van der Waals surface area contributed by atoms with Crippen LogP contribution >= 0.6 is 0 Å². The summed E-state index contributed by atoms with van der Waals surface area (Å²) in [5, 5.41) is 8.83. The Morgan fingerprint density at radius 1 is 1.00 bits per heavy atom. The predicted molar refractivity (Wildman–Crippen MR) is 139 cm³/mol. The van der Waals surface area contributed by atoms with Gasteiger partial charge in [-0.05, 0) is 37.7 Å². The lowest BCUT2D eigenvalue weighted by atomic mass is 9.84. The van der Waals surface area contributed by atoms with Crippen LogP contribution in [0, 0.1) is 11.3 Å². The molecule has 1 spiro atoms. The number of likely N-dealkylation sites (N-methyl/N-ethyl adjacent to an activating group) is 1. The van der Waals surface area contributed by atoms with Gasteiger partial charge in [0.25, 0.3) is 0 Å². The van der Waals surface area contributed by atoms with Crippen LogP contribution in [0.2, 0.25) is 0 Å². The summed E-state index contributed by atoms with van der Waals surface area (Å²) in [6, 6.07) is 20.3. The number of likely N-dealkylation sites (tertiary alicyclic amines) is 1. The van der Waals surface area contributed by atoms with Crippen LogP contribution < -0.4 is 4.90 Å². The van der Waals surface area contributed by atoms with E-state index < -0.39 is 5.60 Å². The number of anilines is 1. The van der Waals surface area contributed by atoms with Gasteiger partial charge in [-0.25, -0.2) is 4.79 Å². The smallest absolute Gasteiger partial charge is 0.335 e. The van der Waals surface area contributed by atoms with Crippen molar-refractivity contribution in [1.82, 2.24) is 9.80 Å². The second kappa shape index (κ2) is 11.5. The summed E-state index contributed by atoms with van der Waals surface area (Å²) >= 11 is 0. The number of hydrogen-bond acceptors (Lipinski definition) is 7. The first-order chi connectivity index (χ1) is 17.4. The lowest BCUT2D eigenvalue weighted by Crippen LogP contribution is -2.45. The highest BCUT2D eigenvalue weighted by molar-refractivity contribution is 6.00. The Kier molecular flexibility index (Phi) is 8.19. The van der Waals surface area contributed by atoms with Gasteiger partial charge in [-0.3, -0.25) is 9.69 Å². The maximum Gasteiger partial charge on any atom is 0.335 e. The number of nitriles is 1. The Morgan fingerprint density at radius 2 is 1.69 bits per heavy atom. The van der Waals surface area contributed by atoms with Crippen LogP contribution in [0.4, 0.5) is 5.69 Å². The van der Waals surface area contributed by atoms with Gasteiger partial charge in [-0.1, -0.05) is 36.4 Å². The number of piperidine rings is 1. The minimum absolute atomic E-state index is 0.339. The molecule has 7 heteroatoms.